The Labute approximate surface area is 170 Å². The fourth-order valence-corrected chi connectivity index (χ4v) is 5.32. The molecule has 1 aliphatic heterocycles. The summed E-state index contributed by atoms with van der Waals surface area (Å²) < 4.78 is 5.86. The highest BCUT2D eigenvalue weighted by Gasteiger charge is 2.34. The number of rotatable bonds is 3. The molecule has 3 aliphatic rings. The topological polar surface area (TPSA) is 58.4 Å². The van der Waals surface area contributed by atoms with Crippen LogP contribution in [0.3, 0.4) is 0 Å². The summed E-state index contributed by atoms with van der Waals surface area (Å²) >= 11 is 0. The Morgan fingerprint density at radius 2 is 1.76 bits per heavy atom. The minimum absolute atomic E-state index is 0.0765. The van der Waals surface area contributed by atoms with E-state index in [2.05, 4.69) is 21.4 Å². The summed E-state index contributed by atoms with van der Waals surface area (Å²) in [5, 5.41) is 9.10. The average molecular weight is 387 g/mol. The minimum Gasteiger partial charge on any atom is -0.382 e. The number of ketones is 1. The van der Waals surface area contributed by atoms with Crippen LogP contribution in [0.4, 0.5) is 11.4 Å². The van der Waals surface area contributed by atoms with E-state index in [1.807, 2.05) is 24.3 Å². The average Bonchev–Trinajstić information content (AvgIpc) is 3.44. The SMILES string of the molecule is O=C1c2ccccc2-c2onc3c(N4CCCC4)cc(NC4CCCCC4)c1c23. The number of benzene rings is 2. The smallest absolute Gasteiger partial charge is 0.196 e. The van der Waals surface area contributed by atoms with Crippen LogP contribution in [0.1, 0.15) is 60.9 Å². The first-order chi connectivity index (χ1) is 14.3. The Morgan fingerprint density at radius 3 is 2.55 bits per heavy atom. The lowest BCUT2D eigenvalue weighted by Gasteiger charge is -2.28. The van der Waals surface area contributed by atoms with Gasteiger partial charge in [0.15, 0.2) is 11.5 Å². The molecule has 0 amide bonds. The predicted octanol–water partition coefficient (Wildman–Crippen LogP) is 5.38. The molecule has 3 aromatic rings. The number of nitrogens with one attached hydrogen (secondary N) is 1. The van der Waals surface area contributed by atoms with E-state index in [0.29, 0.717) is 11.6 Å². The van der Waals surface area contributed by atoms with E-state index in [1.165, 1.54) is 32.1 Å². The molecule has 5 nitrogen and oxygen atoms in total. The third-order valence-electron chi connectivity index (χ3n) is 6.79. The molecule has 0 radical (unpaired) electrons. The highest BCUT2D eigenvalue weighted by atomic mass is 16.5. The first kappa shape index (κ1) is 17.1. The van der Waals surface area contributed by atoms with Gasteiger partial charge in [-0.25, -0.2) is 0 Å². The molecular weight excluding hydrogens is 362 g/mol. The van der Waals surface area contributed by atoms with Crippen LogP contribution in [-0.2, 0) is 0 Å². The van der Waals surface area contributed by atoms with Crippen molar-refractivity contribution in [3.05, 3.63) is 41.5 Å². The lowest BCUT2D eigenvalue weighted by Crippen LogP contribution is -2.25. The van der Waals surface area contributed by atoms with Gasteiger partial charge in [0.2, 0.25) is 0 Å². The van der Waals surface area contributed by atoms with Gasteiger partial charge in [-0.1, -0.05) is 48.7 Å². The number of carbonyl (C=O) groups is 1. The maximum absolute atomic E-state index is 13.6. The predicted molar refractivity (Wildman–Crippen MR) is 115 cm³/mol. The Morgan fingerprint density at radius 1 is 1.00 bits per heavy atom. The second-order valence-corrected chi connectivity index (χ2v) is 8.60. The number of aromatic nitrogens is 1. The molecule has 148 valence electrons. The summed E-state index contributed by atoms with van der Waals surface area (Å²) in [6, 6.07) is 10.3. The van der Waals surface area contributed by atoms with Gasteiger partial charge in [0.1, 0.15) is 5.52 Å². The molecule has 0 atom stereocenters. The number of hydrogen-bond acceptors (Lipinski definition) is 5. The molecule has 2 aromatic carbocycles. The van der Waals surface area contributed by atoms with Crippen molar-refractivity contribution < 1.29 is 9.32 Å². The van der Waals surface area contributed by atoms with Gasteiger partial charge in [-0.05, 0) is 31.7 Å². The fraction of sp³-hybridized carbons (Fsp3) is 0.417. The minimum atomic E-state index is 0.0765. The van der Waals surface area contributed by atoms with Crippen molar-refractivity contribution >= 4 is 28.1 Å². The monoisotopic (exact) mass is 387 g/mol. The fourth-order valence-electron chi connectivity index (χ4n) is 5.32. The normalized spacial score (nSPS) is 19.0. The van der Waals surface area contributed by atoms with Crippen LogP contribution >= 0.6 is 0 Å². The number of carbonyl (C=O) groups excluding carboxylic acids is 1. The van der Waals surface area contributed by atoms with Gasteiger partial charge >= 0.3 is 0 Å². The number of nitrogens with zero attached hydrogens (tertiary/aromatic N) is 2. The second kappa shape index (κ2) is 6.61. The van der Waals surface area contributed by atoms with Gasteiger partial charge in [0, 0.05) is 35.9 Å². The van der Waals surface area contributed by atoms with Gasteiger partial charge in [-0.3, -0.25) is 4.79 Å². The van der Waals surface area contributed by atoms with Crippen molar-refractivity contribution in [2.24, 2.45) is 0 Å². The molecule has 0 unspecified atom stereocenters. The maximum atomic E-state index is 13.6. The Kier molecular flexibility index (Phi) is 3.89. The summed E-state index contributed by atoms with van der Waals surface area (Å²) in [6.45, 7) is 2.06. The van der Waals surface area contributed by atoms with Crippen LogP contribution in [0.2, 0.25) is 0 Å². The molecule has 5 heteroatoms. The summed E-state index contributed by atoms with van der Waals surface area (Å²) in [4.78, 5) is 16.0. The Hall–Kier alpha value is -2.82. The molecular formula is C24H25N3O2. The van der Waals surface area contributed by atoms with Crippen molar-refractivity contribution in [3.63, 3.8) is 0 Å². The van der Waals surface area contributed by atoms with Crippen molar-refractivity contribution in [1.82, 2.24) is 5.16 Å². The molecule has 29 heavy (non-hydrogen) atoms. The molecule has 2 heterocycles. The summed E-state index contributed by atoms with van der Waals surface area (Å²) in [7, 11) is 0. The number of anilines is 2. The zero-order chi connectivity index (χ0) is 19.4. The largest absolute Gasteiger partial charge is 0.382 e. The molecule has 0 spiro atoms. The summed E-state index contributed by atoms with van der Waals surface area (Å²) in [6.07, 6.45) is 8.54. The number of fused-ring (bicyclic) bond motifs is 2. The first-order valence-corrected chi connectivity index (χ1v) is 10.9. The number of hydrogen-bond donors (Lipinski definition) is 1. The Balaban J connectivity index is 1.59. The van der Waals surface area contributed by atoms with Gasteiger partial charge in [0.25, 0.3) is 0 Å². The zero-order valence-corrected chi connectivity index (χ0v) is 16.5. The van der Waals surface area contributed by atoms with Crippen LogP contribution in [0, 0.1) is 0 Å². The van der Waals surface area contributed by atoms with E-state index in [0.717, 1.165) is 65.1 Å². The lowest BCUT2D eigenvalue weighted by atomic mass is 9.86. The molecule has 1 N–H and O–H groups in total. The molecule has 2 fully saturated rings. The van der Waals surface area contributed by atoms with Gasteiger partial charge in [-0.2, -0.15) is 0 Å². The van der Waals surface area contributed by atoms with Gasteiger partial charge in [-0.15, -0.1) is 0 Å². The van der Waals surface area contributed by atoms with E-state index in [1.54, 1.807) is 0 Å². The van der Waals surface area contributed by atoms with E-state index >= 15 is 0 Å². The van der Waals surface area contributed by atoms with Crippen LogP contribution in [0.5, 0.6) is 0 Å². The zero-order valence-electron chi connectivity index (χ0n) is 16.5. The van der Waals surface area contributed by atoms with Crippen molar-refractivity contribution in [2.75, 3.05) is 23.3 Å². The lowest BCUT2D eigenvalue weighted by molar-refractivity contribution is 0.104. The van der Waals surface area contributed by atoms with Gasteiger partial charge in [0.05, 0.1) is 16.6 Å². The maximum Gasteiger partial charge on any atom is 0.196 e. The molecule has 2 aliphatic carbocycles. The van der Waals surface area contributed by atoms with E-state index < -0.39 is 0 Å². The van der Waals surface area contributed by atoms with E-state index in [4.69, 9.17) is 4.52 Å². The molecule has 1 saturated carbocycles. The highest BCUT2D eigenvalue weighted by molar-refractivity contribution is 6.28. The van der Waals surface area contributed by atoms with E-state index in [-0.39, 0.29) is 5.78 Å². The standard InChI is InChI=1S/C24H25N3O2/c28-23-16-10-4-5-11-17(16)24-21-20(23)18(25-15-8-2-1-3-9-15)14-19(22(21)26-29-24)27-12-6-7-13-27/h4-5,10-11,14-15,25H,1-3,6-9,12-13H2. The molecule has 1 aromatic heterocycles. The van der Waals surface area contributed by atoms with Crippen molar-refractivity contribution in [1.29, 1.82) is 0 Å². The van der Waals surface area contributed by atoms with Crippen LogP contribution in [-0.4, -0.2) is 30.1 Å². The Bertz CT molecular complexity index is 1100. The van der Waals surface area contributed by atoms with Crippen LogP contribution < -0.4 is 10.2 Å². The van der Waals surface area contributed by atoms with E-state index in [9.17, 15) is 4.79 Å². The molecule has 6 rings (SSSR count). The van der Waals surface area contributed by atoms with Crippen molar-refractivity contribution in [2.45, 2.75) is 51.0 Å². The van der Waals surface area contributed by atoms with Gasteiger partial charge < -0.3 is 14.7 Å². The first-order valence-electron chi connectivity index (χ1n) is 10.9. The highest BCUT2D eigenvalue weighted by Crippen LogP contribution is 2.46. The van der Waals surface area contributed by atoms with Crippen LogP contribution in [0.15, 0.2) is 34.9 Å². The summed E-state index contributed by atoms with van der Waals surface area (Å²) in [5.41, 5.74) is 5.18. The third-order valence-corrected chi connectivity index (χ3v) is 6.79. The van der Waals surface area contributed by atoms with Crippen molar-refractivity contribution in [3.8, 4) is 11.3 Å². The quantitative estimate of drug-likeness (QED) is 0.511. The van der Waals surface area contributed by atoms with Crippen LogP contribution in [0.25, 0.3) is 22.2 Å². The second-order valence-electron chi connectivity index (χ2n) is 8.60. The molecule has 0 bridgehead atoms. The summed E-state index contributed by atoms with van der Waals surface area (Å²) in [5.74, 6) is 0.811. The molecule has 1 saturated heterocycles. The third kappa shape index (κ3) is 2.60.